The molecular formula is C17H19N3O7. The van der Waals surface area contributed by atoms with E-state index in [1.54, 1.807) is 0 Å². The monoisotopic (exact) mass is 377 g/mol. The summed E-state index contributed by atoms with van der Waals surface area (Å²) in [4.78, 5) is 49.6. The molecule has 10 nitrogen and oxygen atoms in total. The first-order valence-electron chi connectivity index (χ1n) is 8.49. The number of methoxy groups -OCH3 is 1. The molecule has 2 aliphatic heterocycles. The normalized spacial score (nSPS) is 21.5. The van der Waals surface area contributed by atoms with Gasteiger partial charge < -0.3 is 9.84 Å². The van der Waals surface area contributed by atoms with Crippen molar-refractivity contribution in [1.82, 2.24) is 4.90 Å². The molecule has 1 aromatic carbocycles. The molecule has 1 aromatic rings. The number of hydrogen-bond acceptors (Lipinski definition) is 7. The van der Waals surface area contributed by atoms with Gasteiger partial charge in [0.1, 0.15) is 5.75 Å². The van der Waals surface area contributed by atoms with Gasteiger partial charge in [0.2, 0.25) is 5.91 Å². The molecule has 0 radical (unpaired) electrons. The molecule has 2 aliphatic rings. The Kier molecular flexibility index (Phi) is 5.08. The Morgan fingerprint density at radius 3 is 2.52 bits per heavy atom. The molecule has 0 aromatic heterocycles. The van der Waals surface area contributed by atoms with E-state index in [0.717, 1.165) is 4.90 Å². The maximum Gasteiger partial charge on any atom is 0.306 e. The van der Waals surface area contributed by atoms with Gasteiger partial charge in [0.15, 0.2) is 0 Å². The van der Waals surface area contributed by atoms with Crippen LogP contribution in [0.2, 0.25) is 0 Å². The highest BCUT2D eigenvalue weighted by atomic mass is 16.6. The zero-order chi connectivity index (χ0) is 19.7. The molecule has 0 bridgehead atoms. The van der Waals surface area contributed by atoms with Crippen molar-refractivity contribution in [2.75, 3.05) is 25.1 Å². The molecule has 0 spiro atoms. The molecule has 1 unspecified atom stereocenters. The minimum absolute atomic E-state index is 0.0171. The fourth-order valence-corrected chi connectivity index (χ4v) is 3.58. The number of carbonyl (C=O) groups is 3. The molecule has 27 heavy (non-hydrogen) atoms. The van der Waals surface area contributed by atoms with Crippen LogP contribution in [0.1, 0.15) is 19.3 Å². The van der Waals surface area contributed by atoms with Crippen molar-refractivity contribution in [3.05, 3.63) is 28.3 Å². The zero-order valence-electron chi connectivity index (χ0n) is 14.7. The van der Waals surface area contributed by atoms with Crippen LogP contribution in [0.4, 0.5) is 11.4 Å². The number of aliphatic carboxylic acids is 1. The second kappa shape index (κ2) is 7.31. The van der Waals surface area contributed by atoms with E-state index in [2.05, 4.69) is 0 Å². The van der Waals surface area contributed by atoms with Gasteiger partial charge in [-0.1, -0.05) is 0 Å². The summed E-state index contributed by atoms with van der Waals surface area (Å²) in [5.74, 6) is -2.06. The van der Waals surface area contributed by atoms with E-state index < -0.39 is 34.7 Å². The lowest BCUT2D eigenvalue weighted by atomic mass is 9.96. The number of imide groups is 1. The third-order valence-electron chi connectivity index (χ3n) is 5.06. The first-order valence-corrected chi connectivity index (χ1v) is 8.49. The van der Waals surface area contributed by atoms with E-state index in [0.29, 0.717) is 25.9 Å². The number of anilines is 1. The number of carboxylic acids is 1. The Hall–Kier alpha value is -3.01. The Bertz CT molecular complexity index is 802. The number of nitrogens with zero attached hydrogens (tertiary/aromatic N) is 3. The lowest BCUT2D eigenvalue weighted by Gasteiger charge is -2.33. The number of carbonyl (C=O) groups excluding carboxylic acids is 2. The number of piperidine rings is 1. The van der Waals surface area contributed by atoms with Gasteiger partial charge in [-0.15, -0.1) is 0 Å². The second-order valence-corrected chi connectivity index (χ2v) is 6.55. The zero-order valence-corrected chi connectivity index (χ0v) is 14.7. The highest BCUT2D eigenvalue weighted by molar-refractivity contribution is 6.23. The average molecular weight is 377 g/mol. The molecule has 0 saturated carbocycles. The maximum atomic E-state index is 12.9. The fraction of sp³-hybridized carbons (Fsp3) is 0.471. The van der Waals surface area contributed by atoms with Crippen LogP contribution in [0.3, 0.4) is 0 Å². The molecule has 2 saturated heterocycles. The quantitative estimate of drug-likeness (QED) is 0.457. The second-order valence-electron chi connectivity index (χ2n) is 6.55. The number of rotatable bonds is 5. The van der Waals surface area contributed by atoms with Crippen molar-refractivity contribution in [3.63, 3.8) is 0 Å². The van der Waals surface area contributed by atoms with Crippen LogP contribution >= 0.6 is 0 Å². The van der Waals surface area contributed by atoms with Crippen molar-refractivity contribution in [2.24, 2.45) is 5.92 Å². The molecule has 1 atom stereocenters. The van der Waals surface area contributed by atoms with Gasteiger partial charge in [-0.2, -0.15) is 0 Å². The first kappa shape index (κ1) is 18.8. The van der Waals surface area contributed by atoms with Gasteiger partial charge in [-0.25, -0.2) is 4.90 Å². The van der Waals surface area contributed by atoms with Crippen LogP contribution in [0.5, 0.6) is 5.75 Å². The molecule has 2 fully saturated rings. The van der Waals surface area contributed by atoms with E-state index in [9.17, 15) is 24.5 Å². The summed E-state index contributed by atoms with van der Waals surface area (Å²) in [7, 11) is 1.31. The smallest absolute Gasteiger partial charge is 0.306 e. The van der Waals surface area contributed by atoms with Gasteiger partial charge in [-0.05, 0) is 32.0 Å². The highest BCUT2D eigenvalue weighted by Crippen LogP contribution is 2.36. The van der Waals surface area contributed by atoms with Crippen LogP contribution in [-0.2, 0) is 14.4 Å². The predicted molar refractivity (Wildman–Crippen MR) is 92.5 cm³/mol. The van der Waals surface area contributed by atoms with Crippen LogP contribution in [-0.4, -0.2) is 59.0 Å². The minimum Gasteiger partial charge on any atom is -0.494 e. The van der Waals surface area contributed by atoms with E-state index in [1.807, 2.05) is 4.90 Å². The number of amides is 2. The standard InChI is InChI=1S/C17H19N3O7/c1-27-14-8-11(20(25)26)2-3-12(14)19-15(21)9-13(16(19)22)18-6-4-10(5-7-18)17(23)24/h2-3,8,10,13H,4-7,9H2,1H3,(H,23,24). The number of carboxylic acid groups (broad SMARTS) is 1. The van der Waals surface area contributed by atoms with Crippen LogP contribution in [0.15, 0.2) is 18.2 Å². The van der Waals surface area contributed by atoms with E-state index in [4.69, 9.17) is 9.84 Å². The summed E-state index contributed by atoms with van der Waals surface area (Å²) in [5.41, 5.74) is -0.0389. The summed E-state index contributed by atoms with van der Waals surface area (Å²) in [6.07, 6.45) is 0.832. The predicted octanol–water partition coefficient (Wildman–Crippen LogP) is 1.03. The van der Waals surface area contributed by atoms with Crippen molar-refractivity contribution in [2.45, 2.75) is 25.3 Å². The van der Waals surface area contributed by atoms with Gasteiger partial charge in [0.25, 0.3) is 11.6 Å². The summed E-state index contributed by atoms with van der Waals surface area (Å²) in [6, 6.07) is 3.05. The SMILES string of the molecule is COc1cc([N+](=O)[O-])ccc1N1C(=O)CC(N2CCC(C(=O)O)CC2)C1=O. The van der Waals surface area contributed by atoms with Crippen LogP contribution < -0.4 is 9.64 Å². The molecule has 144 valence electrons. The molecule has 3 rings (SSSR count). The minimum atomic E-state index is -0.847. The third kappa shape index (κ3) is 3.47. The number of ether oxygens (including phenoxy) is 1. The molecule has 1 N–H and O–H groups in total. The fourth-order valence-electron chi connectivity index (χ4n) is 3.58. The maximum absolute atomic E-state index is 12.9. The highest BCUT2D eigenvalue weighted by Gasteiger charge is 2.44. The number of benzene rings is 1. The summed E-state index contributed by atoms with van der Waals surface area (Å²) in [5, 5.41) is 20.0. The van der Waals surface area contributed by atoms with Crippen molar-refractivity contribution < 1.29 is 29.2 Å². The topological polar surface area (TPSA) is 130 Å². The number of non-ortho nitro benzene ring substituents is 1. The first-order chi connectivity index (χ1) is 12.8. The third-order valence-corrected chi connectivity index (χ3v) is 5.06. The molecule has 0 aliphatic carbocycles. The van der Waals surface area contributed by atoms with Gasteiger partial charge >= 0.3 is 5.97 Å². The lowest BCUT2D eigenvalue weighted by Crippen LogP contribution is -2.46. The van der Waals surface area contributed by atoms with E-state index in [1.165, 1.54) is 25.3 Å². The summed E-state index contributed by atoms with van der Waals surface area (Å²) in [6.45, 7) is 0.845. The number of likely N-dealkylation sites (tertiary alicyclic amines) is 1. The number of nitro groups is 1. The molecule has 2 heterocycles. The molecule has 2 amide bonds. The number of hydrogen-bond donors (Lipinski definition) is 1. The largest absolute Gasteiger partial charge is 0.494 e. The molecular weight excluding hydrogens is 358 g/mol. The van der Waals surface area contributed by atoms with Crippen molar-refractivity contribution in [3.8, 4) is 5.75 Å². The average Bonchev–Trinajstić information content (AvgIpc) is 2.95. The van der Waals surface area contributed by atoms with E-state index >= 15 is 0 Å². The Labute approximate surface area is 154 Å². The van der Waals surface area contributed by atoms with Gasteiger partial charge in [0.05, 0.1) is 42.2 Å². The van der Waals surface area contributed by atoms with Crippen molar-refractivity contribution >= 4 is 29.2 Å². The van der Waals surface area contributed by atoms with Crippen molar-refractivity contribution in [1.29, 1.82) is 0 Å². The number of nitro benzene ring substituents is 1. The van der Waals surface area contributed by atoms with Crippen LogP contribution in [0, 0.1) is 16.0 Å². The van der Waals surface area contributed by atoms with Crippen LogP contribution in [0.25, 0.3) is 0 Å². The Morgan fingerprint density at radius 1 is 1.30 bits per heavy atom. The van der Waals surface area contributed by atoms with E-state index in [-0.39, 0.29) is 23.5 Å². The summed E-state index contributed by atoms with van der Waals surface area (Å²) >= 11 is 0. The van der Waals surface area contributed by atoms with Gasteiger partial charge in [0, 0.05) is 6.07 Å². The van der Waals surface area contributed by atoms with Gasteiger partial charge in [-0.3, -0.25) is 29.4 Å². The Morgan fingerprint density at radius 2 is 1.96 bits per heavy atom. The summed E-state index contributed by atoms with van der Waals surface area (Å²) < 4.78 is 5.14. The molecule has 10 heteroatoms. The Balaban J connectivity index is 1.81. The lowest BCUT2D eigenvalue weighted by molar-refractivity contribution is -0.384.